The Bertz CT molecular complexity index is 627. The SMILES string of the molecule is O=Cc1sc(N2CCc3sccc3C2)nc1C1CC1. The fraction of sp³-hybridized carbons (Fsp3) is 0.429. The number of anilines is 1. The molecule has 1 saturated carbocycles. The van der Waals surface area contributed by atoms with Crippen molar-refractivity contribution in [2.75, 3.05) is 11.4 Å². The van der Waals surface area contributed by atoms with Gasteiger partial charge in [-0.1, -0.05) is 11.3 Å². The van der Waals surface area contributed by atoms with Gasteiger partial charge < -0.3 is 4.90 Å². The van der Waals surface area contributed by atoms with E-state index in [-0.39, 0.29) is 0 Å². The first-order chi connectivity index (χ1) is 9.35. The van der Waals surface area contributed by atoms with E-state index in [0.717, 1.165) is 41.5 Å². The molecular formula is C14H14N2OS2. The number of carbonyl (C=O) groups is 1. The number of hydrogen-bond acceptors (Lipinski definition) is 5. The Morgan fingerprint density at radius 2 is 2.32 bits per heavy atom. The van der Waals surface area contributed by atoms with Gasteiger partial charge in [0.15, 0.2) is 11.4 Å². The number of rotatable bonds is 3. The molecule has 4 rings (SSSR count). The van der Waals surface area contributed by atoms with Gasteiger partial charge in [-0.3, -0.25) is 4.79 Å². The summed E-state index contributed by atoms with van der Waals surface area (Å²) in [7, 11) is 0. The molecule has 2 aliphatic rings. The lowest BCUT2D eigenvalue weighted by Crippen LogP contribution is -2.29. The summed E-state index contributed by atoms with van der Waals surface area (Å²) < 4.78 is 0. The van der Waals surface area contributed by atoms with Gasteiger partial charge in [0.25, 0.3) is 0 Å². The highest BCUT2D eigenvalue weighted by Gasteiger charge is 2.31. The van der Waals surface area contributed by atoms with Crippen LogP contribution in [0.2, 0.25) is 0 Å². The highest BCUT2D eigenvalue weighted by atomic mass is 32.1. The van der Waals surface area contributed by atoms with E-state index in [9.17, 15) is 4.79 Å². The predicted octanol–water partition coefficient (Wildman–Crippen LogP) is 3.46. The molecule has 0 bridgehead atoms. The highest BCUT2D eigenvalue weighted by molar-refractivity contribution is 7.17. The van der Waals surface area contributed by atoms with E-state index in [2.05, 4.69) is 16.3 Å². The maximum absolute atomic E-state index is 11.2. The third kappa shape index (κ3) is 2.01. The lowest BCUT2D eigenvalue weighted by Gasteiger charge is -2.26. The van der Waals surface area contributed by atoms with Crippen LogP contribution in [0, 0.1) is 0 Å². The number of thiophene rings is 1. The Balaban J connectivity index is 1.64. The van der Waals surface area contributed by atoms with E-state index in [0.29, 0.717) is 5.92 Å². The van der Waals surface area contributed by atoms with Gasteiger partial charge in [-0.05, 0) is 36.3 Å². The lowest BCUT2D eigenvalue weighted by atomic mass is 10.1. The molecule has 5 heteroatoms. The van der Waals surface area contributed by atoms with Gasteiger partial charge in [0, 0.05) is 23.9 Å². The molecule has 2 aromatic rings. The second kappa shape index (κ2) is 4.42. The van der Waals surface area contributed by atoms with Crippen LogP contribution < -0.4 is 4.90 Å². The Hall–Kier alpha value is -1.20. The van der Waals surface area contributed by atoms with Crippen LogP contribution in [0.4, 0.5) is 5.13 Å². The zero-order valence-electron chi connectivity index (χ0n) is 10.5. The van der Waals surface area contributed by atoms with E-state index < -0.39 is 0 Å². The first-order valence-electron chi connectivity index (χ1n) is 6.61. The molecule has 3 heterocycles. The van der Waals surface area contributed by atoms with Gasteiger partial charge >= 0.3 is 0 Å². The Morgan fingerprint density at radius 3 is 3.11 bits per heavy atom. The second-order valence-corrected chi connectivity index (χ2v) is 7.19. The number of aldehydes is 1. The molecule has 0 spiro atoms. The molecule has 0 unspecified atom stereocenters. The third-order valence-electron chi connectivity index (χ3n) is 3.82. The second-order valence-electron chi connectivity index (χ2n) is 5.18. The number of aromatic nitrogens is 1. The first-order valence-corrected chi connectivity index (χ1v) is 8.31. The normalized spacial score (nSPS) is 18.4. The summed E-state index contributed by atoms with van der Waals surface area (Å²) in [6, 6.07) is 2.21. The minimum absolute atomic E-state index is 0.548. The molecule has 0 saturated heterocycles. The summed E-state index contributed by atoms with van der Waals surface area (Å²) in [6.07, 6.45) is 4.47. The van der Waals surface area contributed by atoms with Gasteiger partial charge in [0.05, 0.1) is 10.6 Å². The number of hydrogen-bond donors (Lipinski definition) is 0. The van der Waals surface area contributed by atoms with Crippen molar-refractivity contribution >= 4 is 34.1 Å². The van der Waals surface area contributed by atoms with E-state index in [1.807, 2.05) is 11.3 Å². The summed E-state index contributed by atoms with van der Waals surface area (Å²) >= 11 is 3.41. The monoisotopic (exact) mass is 290 g/mol. The zero-order chi connectivity index (χ0) is 12.8. The van der Waals surface area contributed by atoms with Crippen LogP contribution in [0.15, 0.2) is 11.4 Å². The Kier molecular flexibility index (Phi) is 2.70. The van der Waals surface area contributed by atoms with Crippen molar-refractivity contribution in [3.05, 3.63) is 32.5 Å². The van der Waals surface area contributed by atoms with Crippen LogP contribution in [0.1, 0.15) is 44.6 Å². The molecule has 1 aliphatic carbocycles. The van der Waals surface area contributed by atoms with Gasteiger partial charge in [-0.25, -0.2) is 4.98 Å². The molecule has 0 atom stereocenters. The van der Waals surface area contributed by atoms with Crippen molar-refractivity contribution in [1.29, 1.82) is 0 Å². The highest BCUT2D eigenvalue weighted by Crippen LogP contribution is 2.44. The molecule has 3 nitrogen and oxygen atoms in total. The van der Waals surface area contributed by atoms with Gasteiger partial charge in [0.2, 0.25) is 0 Å². The summed E-state index contributed by atoms with van der Waals surface area (Å²) in [4.78, 5) is 20.6. The average molecular weight is 290 g/mol. The van der Waals surface area contributed by atoms with Crippen molar-refractivity contribution < 1.29 is 4.79 Å². The summed E-state index contributed by atoms with van der Waals surface area (Å²) in [5.74, 6) is 0.548. The van der Waals surface area contributed by atoms with Crippen molar-refractivity contribution in [3.63, 3.8) is 0 Å². The molecule has 2 aromatic heterocycles. The largest absolute Gasteiger partial charge is 0.343 e. The summed E-state index contributed by atoms with van der Waals surface area (Å²) in [5, 5.41) is 3.20. The molecule has 98 valence electrons. The van der Waals surface area contributed by atoms with Crippen molar-refractivity contribution in [2.45, 2.75) is 31.7 Å². The van der Waals surface area contributed by atoms with Gasteiger partial charge in [-0.15, -0.1) is 11.3 Å². The van der Waals surface area contributed by atoms with Crippen LogP contribution in [-0.2, 0) is 13.0 Å². The van der Waals surface area contributed by atoms with Crippen molar-refractivity contribution in [3.8, 4) is 0 Å². The minimum atomic E-state index is 0.548. The number of carbonyl (C=O) groups excluding carboxylic acids is 1. The molecule has 1 fully saturated rings. The van der Waals surface area contributed by atoms with E-state index >= 15 is 0 Å². The molecule has 1 aliphatic heterocycles. The fourth-order valence-electron chi connectivity index (χ4n) is 2.61. The molecule has 0 radical (unpaired) electrons. The average Bonchev–Trinajstić information content (AvgIpc) is 3.03. The fourth-order valence-corrected chi connectivity index (χ4v) is 4.49. The van der Waals surface area contributed by atoms with Gasteiger partial charge in [-0.2, -0.15) is 0 Å². The van der Waals surface area contributed by atoms with Crippen LogP contribution >= 0.6 is 22.7 Å². The number of thiazole rings is 1. The van der Waals surface area contributed by atoms with Crippen molar-refractivity contribution in [1.82, 2.24) is 4.98 Å². The topological polar surface area (TPSA) is 33.2 Å². The molecule has 0 aromatic carbocycles. The molecule has 0 N–H and O–H groups in total. The predicted molar refractivity (Wildman–Crippen MR) is 78.5 cm³/mol. The van der Waals surface area contributed by atoms with Crippen LogP contribution in [0.25, 0.3) is 0 Å². The molecule has 19 heavy (non-hydrogen) atoms. The van der Waals surface area contributed by atoms with Crippen LogP contribution in [-0.4, -0.2) is 17.8 Å². The third-order valence-corrected chi connectivity index (χ3v) is 5.90. The smallest absolute Gasteiger partial charge is 0.186 e. The Morgan fingerprint density at radius 1 is 1.42 bits per heavy atom. The zero-order valence-corrected chi connectivity index (χ0v) is 12.1. The number of nitrogens with zero attached hydrogens (tertiary/aromatic N) is 2. The van der Waals surface area contributed by atoms with Crippen LogP contribution in [0.3, 0.4) is 0 Å². The van der Waals surface area contributed by atoms with E-state index in [1.165, 1.54) is 23.3 Å². The van der Waals surface area contributed by atoms with Crippen LogP contribution in [0.5, 0.6) is 0 Å². The quantitative estimate of drug-likeness (QED) is 0.812. The maximum atomic E-state index is 11.2. The number of fused-ring (bicyclic) bond motifs is 1. The van der Waals surface area contributed by atoms with E-state index in [1.54, 1.807) is 11.3 Å². The summed E-state index contributed by atoms with van der Waals surface area (Å²) in [5.41, 5.74) is 2.47. The van der Waals surface area contributed by atoms with Gasteiger partial charge in [0.1, 0.15) is 0 Å². The molecular weight excluding hydrogens is 276 g/mol. The molecule has 0 amide bonds. The standard InChI is InChI=1S/C14H14N2OS2/c17-8-12-13(9-1-2-9)15-14(19-12)16-5-3-11-10(7-16)4-6-18-11/h4,6,8-9H,1-3,5,7H2. The lowest BCUT2D eigenvalue weighted by molar-refractivity contribution is 0.112. The van der Waals surface area contributed by atoms with E-state index in [4.69, 9.17) is 4.98 Å². The Labute approximate surface area is 119 Å². The van der Waals surface area contributed by atoms with Crippen molar-refractivity contribution in [2.24, 2.45) is 0 Å². The minimum Gasteiger partial charge on any atom is -0.343 e. The maximum Gasteiger partial charge on any atom is 0.186 e. The summed E-state index contributed by atoms with van der Waals surface area (Å²) in [6.45, 7) is 1.96. The first kappa shape index (κ1) is 11.6.